The molecule has 0 saturated heterocycles. The average molecular weight is 410 g/mol. The summed E-state index contributed by atoms with van der Waals surface area (Å²) in [6.07, 6.45) is 0. The highest BCUT2D eigenvalue weighted by molar-refractivity contribution is 6.31. The zero-order chi connectivity index (χ0) is 20.6. The number of quaternary nitrogens is 1. The summed E-state index contributed by atoms with van der Waals surface area (Å²) >= 11 is 6.19. The summed E-state index contributed by atoms with van der Waals surface area (Å²) < 4.78 is 18.3. The van der Waals surface area contributed by atoms with Crippen LogP contribution in [0.25, 0.3) is 11.2 Å². The maximum Gasteiger partial charge on any atom is 0.332 e. The van der Waals surface area contributed by atoms with Crippen LogP contribution in [0.3, 0.4) is 0 Å². The number of hydrogen-bond acceptors (Lipinski definition) is 4. The topological polar surface area (TPSA) is 78.3 Å². The van der Waals surface area contributed by atoms with E-state index in [0.29, 0.717) is 12.5 Å². The number of hydrogen-bond donors (Lipinski definition) is 2. The number of anilines is 1. The van der Waals surface area contributed by atoms with Crippen molar-refractivity contribution in [2.75, 3.05) is 32.5 Å². The maximum absolute atomic E-state index is 14.4. The number of aromatic nitrogens is 4. The van der Waals surface area contributed by atoms with Crippen LogP contribution in [-0.2, 0) is 20.6 Å². The van der Waals surface area contributed by atoms with Gasteiger partial charge in [-0.15, -0.1) is 0 Å². The molecule has 1 aromatic carbocycles. The monoisotopic (exact) mass is 409 g/mol. The van der Waals surface area contributed by atoms with Gasteiger partial charge in [0.25, 0.3) is 5.56 Å². The second-order valence-corrected chi connectivity index (χ2v) is 7.39. The minimum atomic E-state index is -0.496. The molecule has 0 aliphatic heterocycles. The lowest BCUT2D eigenvalue weighted by atomic mass is 10.2. The number of halogens is 2. The van der Waals surface area contributed by atoms with Crippen molar-refractivity contribution in [3.63, 3.8) is 0 Å². The van der Waals surface area contributed by atoms with Gasteiger partial charge in [0.2, 0.25) is 5.95 Å². The third kappa shape index (κ3) is 3.55. The fraction of sp³-hybridized carbons (Fsp3) is 0.389. The highest BCUT2D eigenvalue weighted by Gasteiger charge is 2.21. The predicted molar refractivity (Wildman–Crippen MR) is 107 cm³/mol. The Morgan fingerprint density at radius 1 is 1.21 bits per heavy atom. The molecule has 8 nitrogen and oxygen atoms in total. The molecule has 0 radical (unpaired) electrons. The maximum atomic E-state index is 14.4. The van der Waals surface area contributed by atoms with Gasteiger partial charge in [-0.2, -0.15) is 4.98 Å². The quantitative estimate of drug-likeness (QED) is 0.592. The van der Waals surface area contributed by atoms with Gasteiger partial charge < -0.3 is 10.2 Å². The van der Waals surface area contributed by atoms with E-state index in [-0.39, 0.29) is 28.3 Å². The van der Waals surface area contributed by atoms with E-state index in [9.17, 15) is 14.0 Å². The zero-order valence-electron chi connectivity index (χ0n) is 16.2. The molecular formula is C18H23ClFN6O2+. The molecule has 0 fully saturated rings. The molecule has 10 heteroatoms. The van der Waals surface area contributed by atoms with E-state index in [1.165, 1.54) is 28.6 Å². The van der Waals surface area contributed by atoms with Crippen LogP contribution < -0.4 is 21.5 Å². The van der Waals surface area contributed by atoms with Gasteiger partial charge in [-0.3, -0.25) is 18.5 Å². The smallest absolute Gasteiger partial charge is 0.332 e. The highest BCUT2D eigenvalue weighted by atomic mass is 35.5. The van der Waals surface area contributed by atoms with Crippen LogP contribution in [-0.4, -0.2) is 45.9 Å². The van der Waals surface area contributed by atoms with E-state index >= 15 is 0 Å². The van der Waals surface area contributed by atoms with Crippen molar-refractivity contribution >= 4 is 28.7 Å². The van der Waals surface area contributed by atoms with Crippen LogP contribution in [0.5, 0.6) is 0 Å². The minimum absolute atomic E-state index is 0.00655. The number of aryl methyl sites for hydroxylation is 1. The van der Waals surface area contributed by atoms with E-state index < -0.39 is 17.1 Å². The fourth-order valence-electron chi connectivity index (χ4n) is 3.00. The lowest BCUT2D eigenvalue weighted by Gasteiger charge is -2.13. The van der Waals surface area contributed by atoms with Crippen LogP contribution in [0.1, 0.15) is 5.56 Å². The number of likely N-dealkylation sites (N-methyl/N-ethyl adjacent to an activating group) is 1. The molecule has 0 spiro atoms. The third-order valence-corrected chi connectivity index (χ3v) is 4.99. The fourth-order valence-corrected chi connectivity index (χ4v) is 3.22. The zero-order valence-corrected chi connectivity index (χ0v) is 17.0. The lowest BCUT2D eigenvalue weighted by molar-refractivity contribution is -0.856. The van der Waals surface area contributed by atoms with Crippen LogP contribution in [0.4, 0.5) is 10.3 Å². The van der Waals surface area contributed by atoms with Gasteiger partial charge in [0, 0.05) is 24.7 Å². The highest BCUT2D eigenvalue weighted by Crippen LogP contribution is 2.24. The van der Waals surface area contributed by atoms with E-state index in [0.717, 1.165) is 11.1 Å². The van der Waals surface area contributed by atoms with Crippen LogP contribution in [0, 0.1) is 5.82 Å². The van der Waals surface area contributed by atoms with Crippen molar-refractivity contribution in [1.29, 1.82) is 0 Å². The van der Waals surface area contributed by atoms with Gasteiger partial charge in [0.15, 0.2) is 11.2 Å². The Bertz CT molecular complexity index is 1130. The summed E-state index contributed by atoms with van der Waals surface area (Å²) in [5.74, 6) is -0.0893. The van der Waals surface area contributed by atoms with E-state index in [2.05, 4.69) is 10.3 Å². The molecule has 2 aromatic heterocycles. The molecule has 2 heterocycles. The van der Waals surface area contributed by atoms with Crippen LogP contribution >= 0.6 is 11.6 Å². The van der Waals surface area contributed by atoms with Gasteiger partial charge >= 0.3 is 5.69 Å². The Kier molecular flexibility index (Phi) is 5.57. The summed E-state index contributed by atoms with van der Waals surface area (Å²) in [6.45, 7) is 1.40. The largest absolute Gasteiger partial charge is 0.350 e. The Morgan fingerprint density at radius 3 is 2.57 bits per heavy atom. The van der Waals surface area contributed by atoms with Gasteiger partial charge in [-0.25, -0.2) is 9.18 Å². The first-order chi connectivity index (χ1) is 13.2. The first-order valence-electron chi connectivity index (χ1n) is 8.84. The average Bonchev–Trinajstić information content (AvgIpc) is 2.99. The molecule has 28 heavy (non-hydrogen) atoms. The molecule has 0 aliphatic rings. The molecule has 3 aromatic rings. The molecule has 0 unspecified atom stereocenters. The molecule has 150 valence electrons. The summed E-state index contributed by atoms with van der Waals surface area (Å²) in [4.78, 5) is 30.8. The standard InChI is InChI=1S/C18H22ClFN6O2/c1-23(2)9-8-21-17-22-15-14(16(27)25(4)18(28)24(15)3)26(17)10-11-12(19)6-5-7-13(11)20/h5-7H,8-10H2,1-4H3,(H,21,22)/p+1. The number of rotatable bonds is 6. The molecule has 0 bridgehead atoms. The third-order valence-electron chi connectivity index (χ3n) is 4.63. The lowest BCUT2D eigenvalue weighted by Crippen LogP contribution is -3.06. The van der Waals surface area contributed by atoms with Gasteiger partial charge in [-0.1, -0.05) is 17.7 Å². The minimum Gasteiger partial charge on any atom is -0.350 e. The first kappa shape index (κ1) is 20.1. The predicted octanol–water partition coefficient (Wildman–Crippen LogP) is -0.169. The van der Waals surface area contributed by atoms with E-state index in [4.69, 9.17) is 11.6 Å². The number of nitrogens with zero attached hydrogens (tertiary/aromatic N) is 4. The summed E-state index contributed by atoms with van der Waals surface area (Å²) in [6, 6.07) is 4.43. The van der Waals surface area contributed by atoms with Gasteiger partial charge in [-0.05, 0) is 12.1 Å². The van der Waals surface area contributed by atoms with Crippen molar-refractivity contribution in [2.24, 2.45) is 14.1 Å². The Labute approximate surface area is 165 Å². The van der Waals surface area contributed by atoms with Crippen molar-refractivity contribution in [3.8, 4) is 0 Å². The van der Waals surface area contributed by atoms with Gasteiger partial charge in [0.05, 0.1) is 33.7 Å². The molecule has 0 aliphatic carbocycles. The van der Waals surface area contributed by atoms with Crippen molar-refractivity contribution in [3.05, 3.63) is 55.4 Å². The van der Waals surface area contributed by atoms with Crippen molar-refractivity contribution in [1.82, 2.24) is 18.7 Å². The van der Waals surface area contributed by atoms with Gasteiger partial charge in [0.1, 0.15) is 5.82 Å². The molecule has 0 amide bonds. The molecule has 2 N–H and O–H groups in total. The number of nitrogens with one attached hydrogen (secondary N) is 2. The molecule has 3 rings (SSSR count). The number of benzene rings is 1. The van der Waals surface area contributed by atoms with E-state index in [1.54, 1.807) is 17.7 Å². The van der Waals surface area contributed by atoms with Crippen molar-refractivity contribution < 1.29 is 9.29 Å². The van der Waals surface area contributed by atoms with Crippen LogP contribution in [0.15, 0.2) is 27.8 Å². The molecular weight excluding hydrogens is 387 g/mol. The second-order valence-electron chi connectivity index (χ2n) is 6.98. The normalized spacial score (nSPS) is 11.5. The number of imidazole rings is 1. The SMILES string of the molecule is Cn1c(=O)c2c(nc(NCC[NH+](C)C)n2Cc2c(F)cccc2Cl)n(C)c1=O. The Balaban J connectivity index is 2.22. The Morgan fingerprint density at radius 2 is 1.93 bits per heavy atom. The van der Waals surface area contributed by atoms with Crippen LogP contribution in [0.2, 0.25) is 5.02 Å². The Hall–Kier alpha value is -2.65. The van der Waals surface area contributed by atoms with Crippen molar-refractivity contribution in [2.45, 2.75) is 6.54 Å². The summed E-state index contributed by atoms with van der Waals surface area (Å²) in [7, 11) is 6.98. The molecule has 0 atom stereocenters. The summed E-state index contributed by atoms with van der Waals surface area (Å²) in [5.41, 5.74) is -0.274. The number of fused-ring (bicyclic) bond motifs is 1. The molecule has 0 saturated carbocycles. The second kappa shape index (κ2) is 7.76. The van der Waals surface area contributed by atoms with E-state index in [1.807, 2.05) is 14.1 Å². The first-order valence-corrected chi connectivity index (χ1v) is 9.22. The summed E-state index contributed by atoms with van der Waals surface area (Å²) in [5, 5.41) is 3.45.